The van der Waals surface area contributed by atoms with E-state index in [1.165, 1.54) is 0 Å². The first-order chi connectivity index (χ1) is 9.81. The van der Waals surface area contributed by atoms with Crippen molar-refractivity contribution in [2.24, 2.45) is 5.92 Å². The van der Waals surface area contributed by atoms with Gasteiger partial charge in [-0.15, -0.1) is 0 Å². The lowest BCUT2D eigenvalue weighted by Crippen LogP contribution is -2.65. The molecule has 1 aliphatic carbocycles. The predicted octanol–water partition coefficient (Wildman–Crippen LogP) is 1.79. The first-order valence-electron chi connectivity index (χ1n) is 7.72. The van der Waals surface area contributed by atoms with Gasteiger partial charge in [-0.2, -0.15) is 0 Å². The molecule has 0 aromatic carbocycles. The molecule has 0 bridgehead atoms. The summed E-state index contributed by atoms with van der Waals surface area (Å²) in [6.07, 6.45) is 3.22. The second-order valence-corrected chi connectivity index (χ2v) is 6.88. The Bertz CT molecular complexity index is 400. The summed E-state index contributed by atoms with van der Waals surface area (Å²) in [5, 5.41) is 8.65. The van der Waals surface area contributed by atoms with Gasteiger partial charge < -0.3 is 19.6 Å². The van der Waals surface area contributed by atoms with Crippen LogP contribution in [0.25, 0.3) is 0 Å². The molecule has 0 aromatic rings. The largest absolute Gasteiger partial charge is 0.480 e. The molecule has 1 aliphatic heterocycles. The second kappa shape index (κ2) is 6.22. The smallest absolute Gasteiger partial charge is 0.329 e. The van der Waals surface area contributed by atoms with Gasteiger partial charge in [0, 0.05) is 12.6 Å². The highest BCUT2D eigenvalue weighted by atomic mass is 16.5. The van der Waals surface area contributed by atoms with E-state index in [2.05, 4.69) is 13.8 Å². The van der Waals surface area contributed by atoms with Crippen LogP contribution < -0.4 is 0 Å². The van der Waals surface area contributed by atoms with Crippen LogP contribution in [-0.2, 0) is 9.53 Å². The van der Waals surface area contributed by atoms with Crippen LogP contribution in [0.5, 0.6) is 0 Å². The quantitative estimate of drug-likeness (QED) is 0.778. The Morgan fingerprint density at radius 3 is 2.48 bits per heavy atom. The second-order valence-electron chi connectivity index (χ2n) is 6.88. The molecule has 1 heterocycles. The number of hydrogen-bond acceptors (Lipinski definition) is 3. The van der Waals surface area contributed by atoms with E-state index in [0.717, 1.165) is 25.8 Å². The molecule has 1 saturated carbocycles. The summed E-state index contributed by atoms with van der Waals surface area (Å²) in [5.74, 6) is -0.392. The minimum atomic E-state index is -0.974. The summed E-state index contributed by atoms with van der Waals surface area (Å²) in [4.78, 5) is 26.8. The molecule has 2 fully saturated rings. The average Bonchev–Trinajstić information content (AvgIpc) is 3.17. The summed E-state index contributed by atoms with van der Waals surface area (Å²) < 4.78 is 5.35. The van der Waals surface area contributed by atoms with Crippen LogP contribution in [0.15, 0.2) is 0 Å². The number of carboxylic acids is 1. The number of ether oxygens (including phenoxy) is 1. The molecule has 6 nitrogen and oxygen atoms in total. The van der Waals surface area contributed by atoms with Crippen LogP contribution in [0.3, 0.4) is 0 Å². The normalized spacial score (nSPS) is 20.3. The molecular weight excluding hydrogens is 272 g/mol. The molecule has 1 N–H and O–H groups in total. The molecule has 120 valence electrons. The Hall–Kier alpha value is -1.30. The maximum Gasteiger partial charge on any atom is 0.329 e. The number of carbonyl (C=O) groups excluding carboxylic acids is 1. The lowest BCUT2D eigenvalue weighted by molar-refractivity contribution is -0.160. The SMILES string of the molecule is CC(C)CCN(C(=O)N1CC(C)(OCC(=O)O)C1)C1CC1. The molecule has 6 heteroatoms. The topological polar surface area (TPSA) is 70.1 Å². The van der Waals surface area contributed by atoms with E-state index in [1.54, 1.807) is 4.90 Å². The fourth-order valence-corrected chi connectivity index (χ4v) is 2.62. The number of carbonyl (C=O) groups is 2. The number of nitrogens with zero attached hydrogens (tertiary/aromatic N) is 2. The maximum absolute atomic E-state index is 12.5. The van der Waals surface area contributed by atoms with Gasteiger partial charge in [0.1, 0.15) is 12.2 Å². The third-order valence-corrected chi connectivity index (χ3v) is 4.05. The van der Waals surface area contributed by atoms with Crippen molar-refractivity contribution in [1.82, 2.24) is 9.80 Å². The highest BCUT2D eigenvalue weighted by Crippen LogP contribution is 2.32. The standard InChI is InChI=1S/C15H26N2O4/c1-11(2)6-7-17(12-4-5-12)14(20)16-9-15(3,10-16)21-8-13(18)19/h11-12H,4-10H2,1-3H3,(H,18,19). The molecule has 0 radical (unpaired) electrons. The predicted molar refractivity (Wildman–Crippen MR) is 78.1 cm³/mol. The van der Waals surface area contributed by atoms with Gasteiger partial charge in [-0.3, -0.25) is 0 Å². The molecule has 0 spiro atoms. The zero-order valence-electron chi connectivity index (χ0n) is 13.2. The Morgan fingerprint density at radius 1 is 1.38 bits per heavy atom. The van der Waals surface area contributed by atoms with Crippen molar-refractivity contribution in [2.75, 3.05) is 26.2 Å². The van der Waals surface area contributed by atoms with Crippen molar-refractivity contribution in [2.45, 2.75) is 51.7 Å². The number of aliphatic carboxylic acids is 1. The minimum Gasteiger partial charge on any atom is -0.480 e. The molecule has 21 heavy (non-hydrogen) atoms. The van der Waals surface area contributed by atoms with Crippen molar-refractivity contribution in [3.05, 3.63) is 0 Å². The van der Waals surface area contributed by atoms with Gasteiger partial charge >= 0.3 is 12.0 Å². The first-order valence-corrected chi connectivity index (χ1v) is 7.72. The number of urea groups is 1. The Balaban J connectivity index is 1.81. The van der Waals surface area contributed by atoms with E-state index in [0.29, 0.717) is 25.0 Å². The lowest BCUT2D eigenvalue weighted by Gasteiger charge is -2.48. The number of rotatable bonds is 7. The Morgan fingerprint density at radius 2 is 2.00 bits per heavy atom. The van der Waals surface area contributed by atoms with E-state index < -0.39 is 11.6 Å². The number of amides is 2. The maximum atomic E-state index is 12.5. The molecule has 2 aliphatic rings. The van der Waals surface area contributed by atoms with E-state index >= 15 is 0 Å². The van der Waals surface area contributed by atoms with Crippen LogP contribution >= 0.6 is 0 Å². The fourth-order valence-electron chi connectivity index (χ4n) is 2.62. The third-order valence-electron chi connectivity index (χ3n) is 4.05. The highest BCUT2D eigenvalue weighted by molar-refractivity contribution is 5.76. The molecule has 0 aromatic heterocycles. The number of hydrogen-bond donors (Lipinski definition) is 1. The van der Waals surface area contributed by atoms with Gasteiger partial charge in [0.15, 0.2) is 0 Å². The molecule has 0 unspecified atom stereocenters. The lowest BCUT2D eigenvalue weighted by atomic mass is 9.97. The summed E-state index contributed by atoms with van der Waals surface area (Å²) in [5.41, 5.74) is -0.513. The molecule has 0 atom stereocenters. The van der Waals surface area contributed by atoms with E-state index in [-0.39, 0.29) is 12.6 Å². The summed E-state index contributed by atoms with van der Waals surface area (Å²) >= 11 is 0. The van der Waals surface area contributed by atoms with Gasteiger partial charge in [-0.05, 0) is 32.1 Å². The van der Waals surface area contributed by atoms with Gasteiger partial charge in [0.2, 0.25) is 0 Å². The van der Waals surface area contributed by atoms with Crippen molar-refractivity contribution >= 4 is 12.0 Å². The zero-order chi connectivity index (χ0) is 15.6. The van der Waals surface area contributed by atoms with Crippen molar-refractivity contribution in [3.63, 3.8) is 0 Å². The average molecular weight is 298 g/mol. The Labute approximate surface area is 126 Å². The fraction of sp³-hybridized carbons (Fsp3) is 0.867. The van der Waals surface area contributed by atoms with Crippen molar-refractivity contribution in [1.29, 1.82) is 0 Å². The van der Waals surface area contributed by atoms with Crippen LogP contribution in [0.2, 0.25) is 0 Å². The monoisotopic (exact) mass is 298 g/mol. The molecule has 2 amide bonds. The van der Waals surface area contributed by atoms with Gasteiger partial charge in [0.05, 0.1) is 13.1 Å². The van der Waals surface area contributed by atoms with Crippen LogP contribution in [0.1, 0.15) is 40.0 Å². The van der Waals surface area contributed by atoms with Gasteiger partial charge in [0.25, 0.3) is 0 Å². The van der Waals surface area contributed by atoms with Crippen LogP contribution in [-0.4, -0.2) is 64.8 Å². The molecular formula is C15H26N2O4. The third kappa shape index (κ3) is 4.33. The zero-order valence-corrected chi connectivity index (χ0v) is 13.2. The van der Waals surface area contributed by atoms with E-state index in [1.807, 2.05) is 11.8 Å². The number of carboxylic acid groups (broad SMARTS) is 1. The van der Waals surface area contributed by atoms with E-state index in [9.17, 15) is 9.59 Å². The number of likely N-dealkylation sites (tertiary alicyclic amines) is 1. The first kappa shape index (κ1) is 16.1. The summed E-state index contributed by atoms with van der Waals surface area (Å²) in [6, 6.07) is 0.484. The summed E-state index contributed by atoms with van der Waals surface area (Å²) in [7, 11) is 0. The van der Waals surface area contributed by atoms with Gasteiger partial charge in [-0.25, -0.2) is 9.59 Å². The van der Waals surface area contributed by atoms with Gasteiger partial charge in [-0.1, -0.05) is 13.8 Å². The highest BCUT2D eigenvalue weighted by Gasteiger charge is 2.46. The van der Waals surface area contributed by atoms with E-state index in [4.69, 9.17) is 9.84 Å². The minimum absolute atomic E-state index is 0.0783. The summed E-state index contributed by atoms with van der Waals surface area (Å²) in [6.45, 7) is 7.64. The molecule has 1 saturated heterocycles. The van der Waals surface area contributed by atoms with Crippen molar-refractivity contribution < 1.29 is 19.4 Å². The van der Waals surface area contributed by atoms with Crippen LogP contribution in [0, 0.1) is 5.92 Å². The molecule has 2 rings (SSSR count). The Kier molecular flexibility index (Phi) is 4.76. The van der Waals surface area contributed by atoms with Crippen molar-refractivity contribution in [3.8, 4) is 0 Å². The van der Waals surface area contributed by atoms with Crippen LogP contribution in [0.4, 0.5) is 4.79 Å².